The lowest BCUT2D eigenvalue weighted by Gasteiger charge is -2.31. The molecule has 1 saturated carbocycles. The molecule has 28 heavy (non-hydrogen) atoms. The van der Waals surface area contributed by atoms with Crippen LogP contribution in [0.3, 0.4) is 0 Å². The van der Waals surface area contributed by atoms with Gasteiger partial charge in [-0.1, -0.05) is 18.0 Å². The van der Waals surface area contributed by atoms with Gasteiger partial charge in [-0.05, 0) is 43.2 Å². The van der Waals surface area contributed by atoms with Gasteiger partial charge in [-0.15, -0.1) is 0 Å². The Balaban J connectivity index is 1.36. The smallest absolute Gasteiger partial charge is 0.262 e. The van der Waals surface area contributed by atoms with Gasteiger partial charge < -0.3 is 19.5 Å². The summed E-state index contributed by atoms with van der Waals surface area (Å²) in [5, 5.41) is 11.9. The van der Waals surface area contributed by atoms with E-state index >= 15 is 0 Å². The number of fused-ring (bicyclic) bond motifs is 1. The van der Waals surface area contributed by atoms with Gasteiger partial charge in [-0.25, -0.2) is 0 Å². The second-order valence-electron chi connectivity index (χ2n) is 6.93. The Hall–Kier alpha value is -2.91. The largest absolute Gasteiger partial charge is 0.482 e. The number of anilines is 1. The minimum Gasteiger partial charge on any atom is -0.482 e. The van der Waals surface area contributed by atoms with Crippen molar-refractivity contribution in [2.45, 2.75) is 37.9 Å². The van der Waals surface area contributed by atoms with Gasteiger partial charge in [0.15, 0.2) is 18.1 Å². The standard InChI is InChI=1S/C21H19ClN2O4/c22-16-10-14(12-23)4-6-17(16)26-13-20(25)24-15-5-7-18-19(11-15)28-21(27-18)8-2-1-3-9-21/h4-7,10-11H,1-3,8-9,13H2,(H,24,25). The number of ether oxygens (including phenoxy) is 3. The first-order chi connectivity index (χ1) is 13.6. The zero-order valence-electron chi connectivity index (χ0n) is 15.2. The maximum Gasteiger partial charge on any atom is 0.262 e. The topological polar surface area (TPSA) is 80.6 Å². The highest BCUT2D eigenvalue weighted by atomic mass is 35.5. The molecule has 6 nitrogen and oxygen atoms in total. The molecule has 1 heterocycles. The van der Waals surface area contributed by atoms with Crippen molar-refractivity contribution in [3.8, 4) is 23.3 Å². The average molecular weight is 399 g/mol. The summed E-state index contributed by atoms with van der Waals surface area (Å²) in [4.78, 5) is 12.2. The summed E-state index contributed by atoms with van der Waals surface area (Å²) in [5.41, 5.74) is 1.03. The van der Waals surface area contributed by atoms with Crippen LogP contribution in [-0.4, -0.2) is 18.3 Å². The molecule has 2 aliphatic rings. The van der Waals surface area contributed by atoms with Crippen LogP contribution in [-0.2, 0) is 4.79 Å². The maximum atomic E-state index is 12.2. The third-order valence-corrected chi connectivity index (χ3v) is 5.15. The second kappa shape index (κ2) is 7.61. The number of hydrogen-bond acceptors (Lipinski definition) is 5. The van der Waals surface area contributed by atoms with Gasteiger partial charge in [0.2, 0.25) is 0 Å². The van der Waals surface area contributed by atoms with E-state index in [9.17, 15) is 4.79 Å². The SMILES string of the molecule is N#Cc1ccc(OCC(=O)Nc2ccc3c(c2)OC2(CCCCC2)O3)c(Cl)c1. The van der Waals surface area contributed by atoms with E-state index in [1.54, 1.807) is 24.3 Å². The van der Waals surface area contributed by atoms with Crippen LogP contribution in [0.1, 0.15) is 37.7 Å². The van der Waals surface area contributed by atoms with Gasteiger partial charge in [0, 0.05) is 24.6 Å². The van der Waals surface area contributed by atoms with Crippen LogP contribution >= 0.6 is 11.6 Å². The summed E-state index contributed by atoms with van der Waals surface area (Å²) >= 11 is 6.05. The molecule has 1 N–H and O–H groups in total. The van der Waals surface area contributed by atoms with Crippen molar-refractivity contribution in [2.24, 2.45) is 0 Å². The van der Waals surface area contributed by atoms with E-state index in [4.69, 9.17) is 31.1 Å². The van der Waals surface area contributed by atoms with Gasteiger partial charge in [-0.3, -0.25) is 4.79 Å². The summed E-state index contributed by atoms with van der Waals surface area (Å²) in [6.45, 7) is -0.204. The lowest BCUT2D eigenvalue weighted by molar-refractivity contribution is -0.118. The van der Waals surface area contributed by atoms with Crippen LogP contribution in [0.4, 0.5) is 5.69 Å². The molecule has 4 rings (SSSR count). The van der Waals surface area contributed by atoms with Gasteiger partial charge >= 0.3 is 0 Å². The van der Waals surface area contributed by atoms with Crippen LogP contribution in [0.15, 0.2) is 36.4 Å². The van der Waals surface area contributed by atoms with E-state index in [1.807, 2.05) is 12.1 Å². The number of nitriles is 1. The number of benzene rings is 2. The highest BCUT2D eigenvalue weighted by Gasteiger charge is 2.42. The fourth-order valence-electron chi connectivity index (χ4n) is 3.49. The summed E-state index contributed by atoms with van der Waals surface area (Å²) in [5.74, 6) is 0.835. The van der Waals surface area contributed by atoms with Crippen LogP contribution in [0.25, 0.3) is 0 Å². The molecule has 0 aromatic heterocycles. The Bertz CT molecular complexity index is 948. The molecule has 144 valence electrons. The first kappa shape index (κ1) is 18.5. The molecular formula is C21H19ClN2O4. The second-order valence-corrected chi connectivity index (χ2v) is 7.34. The van der Waals surface area contributed by atoms with Crippen molar-refractivity contribution in [1.82, 2.24) is 0 Å². The van der Waals surface area contributed by atoms with E-state index in [0.717, 1.165) is 25.7 Å². The number of rotatable bonds is 4. The Morgan fingerprint density at radius 1 is 1.14 bits per heavy atom. The average Bonchev–Trinajstić information content (AvgIpc) is 3.04. The minimum absolute atomic E-state index is 0.204. The van der Waals surface area contributed by atoms with E-state index in [-0.39, 0.29) is 17.5 Å². The van der Waals surface area contributed by atoms with Gasteiger partial charge in [0.1, 0.15) is 5.75 Å². The molecule has 2 aromatic carbocycles. The predicted molar refractivity (Wildman–Crippen MR) is 104 cm³/mol. The predicted octanol–water partition coefficient (Wildman–Crippen LogP) is 4.66. The summed E-state index contributed by atoms with van der Waals surface area (Å²) < 4.78 is 17.6. The van der Waals surface area contributed by atoms with E-state index in [0.29, 0.717) is 28.5 Å². The number of nitrogens with zero attached hydrogens (tertiary/aromatic N) is 1. The Morgan fingerprint density at radius 3 is 2.68 bits per heavy atom. The first-order valence-corrected chi connectivity index (χ1v) is 9.59. The monoisotopic (exact) mass is 398 g/mol. The number of amides is 1. The van der Waals surface area contributed by atoms with Crippen LogP contribution in [0, 0.1) is 11.3 Å². The molecule has 1 spiro atoms. The van der Waals surface area contributed by atoms with E-state index in [2.05, 4.69) is 5.32 Å². The highest BCUT2D eigenvalue weighted by Crippen LogP contribution is 2.46. The van der Waals surface area contributed by atoms with Crippen LogP contribution in [0.2, 0.25) is 5.02 Å². The van der Waals surface area contributed by atoms with Crippen molar-refractivity contribution in [3.63, 3.8) is 0 Å². The fourth-order valence-corrected chi connectivity index (χ4v) is 3.73. The van der Waals surface area contributed by atoms with Crippen molar-refractivity contribution in [1.29, 1.82) is 5.26 Å². The Kier molecular flexibility index (Phi) is 5.01. The zero-order valence-corrected chi connectivity index (χ0v) is 15.9. The van der Waals surface area contributed by atoms with Crippen molar-refractivity contribution < 1.29 is 19.0 Å². The molecule has 0 saturated heterocycles. The van der Waals surface area contributed by atoms with Gasteiger partial charge in [0.05, 0.1) is 16.7 Å². The van der Waals surface area contributed by atoms with Crippen LogP contribution in [0.5, 0.6) is 17.2 Å². The van der Waals surface area contributed by atoms with Gasteiger partial charge in [-0.2, -0.15) is 5.26 Å². The minimum atomic E-state index is -0.543. The van der Waals surface area contributed by atoms with E-state index < -0.39 is 5.79 Å². The van der Waals surface area contributed by atoms with Crippen molar-refractivity contribution in [2.75, 3.05) is 11.9 Å². The number of halogens is 1. The molecule has 1 fully saturated rings. The van der Waals surface area contributed by atoms with Crippen molar-refractivity contribution in [3.05, 3.63) is 47.0 Å². The molecule has 7 heteroatoms. The third kappa shape index (κ3) is 3.85. The fraction of sp³-hybridized carbons (Fsp3) is 0.333. The summed E-state index contributed by atoms with van der Waals surface area (Å²) in [6.07, 6.45) is 5.14. The van der Waals surface area contributed by atoms with Crippen LogP contribution < -0.4 is 19.5 Å². The number of carbonyl (C=O) groups excluding carboxylic acids is 1. The number of nitrogens with one attached hydrogen (secondary N) is 1. The third-order valence-electron chi connectivity index (χ3n) is 4.85. The lowest BCUT2D eigenvalue weighted by Crippen LogP contribution is -2.40. The molecule has 0 unspecified atom stereocenters. The molecule has 1 aliphatic carbocycles. The highest BCUT2D eigenvalue weighted by molar-refractivity contribution is 6.32. The zero-order chi connectivity index (χ0) is 19.6. The molecule has 1 amide bonds. The van der Waals surface area contributed by atoms with Crippen molar-refractivity contribution >= 4 is 23.2 Å². The normalized spacial score (nSPS) is 16.4. The summed E-state index contributed by atoms with van der Waals surface area (Å²) in [6, 6.07) is 12.0. The molecule has 2 aromatic rings. The quantitative estimate of drug-likeness (QED) is 0.810. The Morgan fingerprint density at radius 2 is 1.93 bits per heavy atom. The van der Waals surface area contributed by atoms with Gasteiger partial charge in [0.25, 0.3) is 11.7 Å². The summed E-state index contributed by atoms with van der Waals surface area (Å²) in [7, 11) is 0. The molecular weight excluding hydrogens is 380 g/mol. The molecule has 0 radical (unpaired) electrons. The van der Waals surface area contributed by atoms with E-state index in [1.165, 1.54) is 12.5 Å². The lowest BCUT2D eigenvalue weighted by atomic mass is 9.94. The molecule has 0 bridgehead atoms. The molecule has 0 atom stereocenters. The number of carbonyl (C=O) groups is 1. The maximum absolute atomic E-state index is 12.2. The first-order valence-electron chi connectivity index (χ1n) is 9.21. The number of hydrogen-bond donors (Lipinski definition) is 1. The Labute approximate surface area is 168 Å². The molecule has 1 aliphatic heterocycles.